The Labute approximate surface area is 166 Å². The molecule has 128 valence electrons. The second kappa shape index (κ2) is 7.72. The van der Waals surface area contributed by atoms with Crippen molar-refractivity contribution >= 4 is 61.2 Å². The van der Waals surface area contributed by atoms with E-state index in [4.69, 9.17) is 21.2 Å². The van der Waals surface area contributed by atoms with E-state index in [9.17, 15) is 4.79 Å². The summed E-state index contributed by atoms with van der Waals surface area (Å²) in [7, 11) is 0. The highest BCUT2D eigenvalue weighted by molar-refractivity contribution is 9.11. The van der Waals surface area contributed by atoms with Gasteiger partial charge < -0.3 is 9.57 Å². The number of halogens is 3. The van der Waals surface area contributed by atoms with Gasteiger partial charge >= 0.3 is 5.97 Å². The highest BCUT2D eigenvalue weighted by atomic mass is 79.9. The van der Waals surface area contributed by atoms with E-state index < -0.39 is 5.97 Å². The first-order valence-electron chi connectivity index (χ1n) is 7.28. The van der Waals surface area contributed by atoms with Gasteiger partial charge in [-0.05, 0) is 58.8 Å². The summed E-state index contributed by atoms with van der Waals surface area (Å²) in [5.74, 6) is 0.149. The van der Waals surface area contributed by atoms with Crippen LogP contribution in [0.4, 0.5) is 0 Å². The maximum absolute atomic E-state index is 11.8. The molecule has 0 fully saturated rings. The molecule has 0 N–H and O–H groups in total. The lowest BCUT2D eigenvalue weighted by molar-refractivity contribution is -0.136. The van der Waals surface area contributed by atoms with Crippen LogP contribution in [0.3, 0.4) is 0 Å². The minimum absolute atomic E-state index is 0.366. The average molecular weight is 486 g/mol. The van der Waals surface area contributed by atoms with Crippen molar-refractivity contribution in [2.75, 3.05) is 0 Å². The molecule has 0 spiro atoms. The lowest BCUT2D eigenvalue weighted by Gasteiger charge is -2.13. The minimum Gasteiger partial charge on any atom is -0.487 e. The molecular weight excluding hydrogens is 473 g/mol. The van der Waals surface area contributed by atoms with E-state index in [1.54, 1.807) is 13.0 Å². The Balaban J connectivity index is 1.93. The second-order valence-electron chi connectivity index (χ2n) is 5.33. The average Bonchev–Trinajstić information content (AvgIpc) is 2.87. The van der Waals surface area contributed by atoms with Crippen molar-refractivity contribution < 1.29 is 14.4 Å². The zero-order chi connectivity index (χ0) is 18.0. The zero-order valence-corrected chi connectivity index (χ0v) is 17.0. The summed E-state index contributed by atoms with van der Waals surface area (Å²) < 4.78 is 7.60. The summed E-state index contributed by atoms with van der Waals surface area (Å²) in [6, 6.07) is 11.2. The number of oxime groups is 1. The van der Waals surface area contributed by atoms with Crippen LogP contribution in [-0.4, -0.2) is 11.7 Å². The van der Waals surface area contributed by atoms with Crippen LogP contribution in [0.15, 0.2) is 56.1 Å². The van der Waals surface area contributed by atoms with Crippen molar-refractivity contribution in [3.05, 3.63) is 67.1 Å². The Morgan fingerprint density at radius 3 is 2.60 bits per heavy atom. The zero-order valence-electron chi connectivity index (χ0n) is 13.1. The lowest BCUT2D eigenvalue weighted by atomic mass is 10.1. The van der Waals surface area contributed by atoms with Crippen LogP contribution in [0.2, 0.25) is 5.02 Å². The molecule has 0 radical (unpaired) electrons. The summed E-state index contributed by atoms with van der Waals surface area (Å²) in [5, 5.41) is 4.37. The predicted molar refractivity (Wildman–Crippen MR) is 105 cm³/mol. The number of ether oxygens (including phenoxy) is 1. The molecule has 7 heteroatoms. The van der Waals surface area contributed by atoms with Gasteiger partial charge in [-0.1, -0.05) is 44.8 Å². The van der Waals surface area contributed by atoms with Gasteiger partial charge in [0.2, 0.25) is 0 Å². The Kier molecular flexibility index (Phi) is 5.61. The summed E-state index contributed by atoms with van der Waals surface area (Å²) in [6.07, 6.45) is 1.71. The molecule has 0 amide bonds. The monoisotopic (exact) mass is 483 g/mol. The first-order chi connectivity index (χ1) is 11.9. The molecule has 0 saturated heterocycles. The topological polar surface area (TPSA) is 47.9 Å². The van der Waals surface area contributed by atoms with Crippen LogP contribution in [0.5, 0.6) is 5.75 Å². The van der Waals surface area contributed by atoms with Crippen LogP contribution in [0.25, 0.3) is 6.08 Å². The highest BCUT2D eigenvalue weighted by Crippen LogP contribution is 2.35. The largest absolute Gasteiger partial charge is 0.487 e. The van der Waals surface area contributed by atoms with Crippen LogP contribution >= 0.6 is 43.5 Å². The van der Waals surface area contributed by atoms with Gasteiger partial charge in [-0.15, -0.1) is 0 Å². The standard InChI is InChI=1S/C18H12Br2ClNO3/c1-10-15(18(23)25-22-10)7-12-6-13(19)8-16(20)17(12)24-9-11-2-4-14(21)5-3-11/h2-8H,9H2,1H3/b15-7-. The van der Waals surface area contributed by atoms with Crippen LogP contribution in [-0.2, 0) is 16.2 Å². The Bertz CT molecular complexity index is 892. The van der Waals surface area contributed by atoms with Crippen molar-refractivity contribution in [1.82, 2.24) is 0 Å². The van der Waals surface area contributed by atoms with E-state index in [2.05, 4.69) is 37.0 Å². The van der Waals surface area contributed by atoms with Crippen molar-refractivity contribution in [3.63, 3.8) is 0 Å². The summed E-state index contributed by atoms with van der Waals surface area (Å²) in [4.78, 5) is 16.5. The third-order valence-electron chi connectivity index (χ3n) is 3.51. The van der Waals surface area contributed by atoms with Crippen molar-refractivity contribution in [2.45, 2.75) is 13.5 Å². The van der Waals surface area contributed by atoms with E-state index in [1.165, 1.54) is 0 Å². The molecule has 0 saturated carbocycles. The smallest absolute Gasteiger partial charge is 0.367 e. The van der Waals surface area contributed by atoms with E-state index in [-0.39, 0.29) is 0 Å². The predicted octanol–water partition coefficient (Wildman–Crippen LogP) is 5.76. The van der Waals surface area contributed by atoms with Crippen molar-refractivity contribution in [3.8, 4) is 5.75 Å². The van der Waals surface area contributed by atoms with Gasteiger partial charge in [0.1, 0.15) is 12.4 Å². The number of carbonyl (C=O) groups is 1. The van der Waals surface area contributed by atoms with Gasteiger partial charge in [0.15, 0.2) is 0 Å². The molecule has 25 heavy (non-hydrogen) atoms. The fourth-order valence-electron chi connectivity index (χ4n) is 2.25. The second-order valence-corrected chi connectivity index (χ2v) is 7.54. The van der Waals surface area contributed by atoms with Gasteiger partial charge in [0.05, 0.1) is 15.8 Å². The summed E-state index contributed by atoms with van der Waals surface area (Å²) in [5.41, 5.74) is 2.65. The van der Waals surface area contributed by atoms with Gasteiger partial charge in [-0.2, -0.15) is 0 Å². The van der Waals surface area contributed by atoms with Crippen LogP contribution in [0.1, 0.15) is 18.1 Å². The third-order valence-corrected chi connectivity index (χ3v) is 4.81. The maximum atomic E-state index is 11.8. The highest BCUT2D eigenvalue weighted by Gasteiger charge is 2.23. The summed E-state index contributed by atoms with van der Waals surface area (Å²) >= 11 is 12.9. The van der Waals surface area contributed by atoms with E-state index in [1.807, 2.05) is 36.4 Å². The molecule has 4 nitrogen and oxygen atoms in total. The number of nitrogens with zero attached hydrogens (tertiary/aromatic N) is 1. The Hall–Kier alpha value is -1.63. The SMILES string of the molecule is CC1=NOC(=O)/C1=C\c1cc(Br)cc(Br)c1OCc1ccc(Cl)cc1. The number of hydrogen-bond acceptors (Lipinski definition) is 4. The first-order valence-corrected chi connectivity index (χ1v) is 9.25. The lowest BCUT2D eigenvalue weighted by Crippen LogP contribution is -2.03. The maximum Gasteiger partial charge on any atom is 0.367 e. The van der Waals surface area contributed by atoms with Gasteiger partial charge in [-0.3, -0.25) is 0 Å². The van der Waals surface area contributed by atoms with Gasteiger partial charge in [-0.25, -0.2) is 4.79 Å². The molecular formula is C18H12Br2ClNO3. The molecule has 0 unspecified atom stereocenters. The quantitative estimate of drug-likeness (QED) is 0.409. The summed E-state index contributed by atoms with van der Waals surface area (Å²) in [6.45, 7) is 2.09. The molecule has 0 bridgehead atoms. The minimum atomic E-state index is -0.475. The van der Waals surface area contributed by atoms with Gasteiger partial charge in [0, 0.05) is 15.1 Å². The number of hydrogen-bond donors (Lipinski definition) is 0. The Morgan fingerprint density at radius 1 is 1.24 bits per heavy atom. The Morgan fingerprint density at radius 2 is 1.96 bits per heavy atom. The van der Waals surface area contributed by atoms with Crippen molar-refractivity contribution in [1.29, 1.82) is 0 Å². The van der Waals surface area contributed by atoms with Crippen LogP contribution in [0, 0.1) is 0 Å². The molecule has 2 aromatic carbocycles. The first kappa shape index (κ1) is 18.2. The van der Waals surface area contributed by atoms with E-state index >= 15 is 0 Å². The molecule has 2 aromatic rings. The van der Waals surface area contributed by atoms with E-state index in [0.717, 1.165) is 20.1 Å². The number of rotatable bonds is 4. The fourth-order valence-corrected chi connectivity index (χ4v) is 3.75. The normalized spacial score (nSPS) is 15.3. The molecule has 1 aliphatic heterocycles. The number of benzene rings is 2. The molecule has 0 aliphatic carbocycles. The molecule has 0 aromatic heterocycles. The molecule has 1 aliphatic rings. The number of carbonyl (C=O) groups excluding carboxylic acids is 1. The molecule has 1 heterocycles. The van der Waals surface area contributed by atoms with Crippen LogP contribution < -0.4 is 4.74 Å². The molecule has 3 rings (SSSR count). The molecule has 0 atom stereocenters. The van der Waals surface area contributed by atoms with Gasteiger partial charge in [0.25, 0.3) is 0 Å². The fraction of sp³-hybridized carbons (Fsp3) is 0.111. The van der Waals surface area contributed by atoms with Crippen molar-refractivity contribution in [2.24, 2.45) is 5.16 Å². The van der Waals surface area contributed by atoms with E-state index in [0.29, 0.717) is 28.7 Å². The third kappa shape index (κ3) is 4.32.